The van der Waals surface area contributed by atoms with Gasteiger partial charge in [-0.25, -0.2) is 4.79 Å². The Hall–Kier alpha value is -0.920. The van der Waals surface area contributed by atoms with Gasteiger partial charge in [-0.2, -0.15) is 22.0 Å². The van der Waals surface area contributed by atoms with Gasteiger partial charge in [-0.3, -0.25) is 0 Å². The number of halogens is 5. The lowest BCUT2D eigenvalue weighted by atomic mass is 9.75. The monoisotopic (exact) mass is 290 g/mol. The number of carbonyl (C=O) groups excluding carboxylic acids is 1. The number of ether oxygens (including phenoxy) is 1. The molecule has 3 nitrogen and oxygen atoms in total. The van der Waals surface area contributed by atoms with Gasteiger partial charge in [0, 0.05) is 0 Å². The van der Waals surface area contributed by atoms with Gasteiger partial charge in [0.15, 0.2) is 0 Å². The van der Waals surface area contributed by atoms with E-state index in [1.165, 1.54) is 6.92 Å². The first kappa shape index (κ1) is 16.1. The zero-order valence-electron chi connectivity index (χ0n) is 10.3. The second-order valence-corrected chi connectivity index (χ2v) is 4.64. The Balaban J connectivity index is 2.77. The van der Waals surface area contributed by atoms with Crippen molar-refractivity contribution in [2.45, 2.75) is 50.3 Å². The summed E-state index contributed by atoms with van der Waals surface area (Å²) in [6, 6.07) is 0. The molecule has 1 fully saturated rings. The first-order valence-electron chi connectivity index (χ1n) is 5.88. The Morgan fingerprint density at radius 1 is 1.26 bits per heavy atom. The first-order chi connectivity index (χ1) is 8.54. The van der Waals surface area contributed by atoms with Crippen LogP contribution in [0.25, 0.3) is 0 Å². The van der Waals surface area contributed by atoms with Crippen LogP contribution in [0.2, 0.25) is 0 Å². The summed E-state index contributed by atoms with van der Waals surface area (Å²) in [6.07, 6.45) is -7.31. The fourth-order valence-electron chi connectivity index (χ4n) is 2.15. The highest BCUT2D eigenvalue weighted by Gasteiger charge is 2.61. The van der Waals surface area contributed by atoms with Crippen LogP contribution >= 0.6 is 0 Å². The molecule has 0 aromatic rings. The van der Waals surface area contributed by atoms with Crippen molar-refractivity contribution in [1.82, 2.24) is 0 Å². The van der Waals surface area contributed by atoms with Gasteiger partial charge >= 0.3 is 18.1 Å². The van der Waals surface area contributed by atoms with Gasteiger partial charge in [0.2, 0.25) is 0 Å². The molecule has 0 spiro atoms. The minimum absolute atomic E-state index is 0.296. The van der Waals surface area contributed by atoms with Crippen molar-refractivity contribution in [2.24, 2.45) is 5.92 Å². The van der Waals surface area contributed by atoms with Crippen molar-refractivity contribution in [3.8, 4) is 0 Å². The summed E-state index contributed by atoms with van der Waals surface area (Å²) in [5, 5.41) is 9.76. The van der Waals surface area contributed by atoms with Crippen LogP contribution in [0.5, 0.6) is 0 Å². The van der Waals surface area contributed by atoms with E-state index in [9.17, 15) is 31.9 Å². The van der Waals surface area contributed by atoms with Crippen LogP contribution in [0.15, 0.2) is 0 Å². The summed E-state index contributed by atoms with van der Waals surface area (Å²) >= 11 is 0. The molecule has 0 aromatic carbocycles. The Morgan fingerprint density at radius 3 is 2.11 bits per heavy atom. The summed E-state index contributed by atoms with van der Waals surface area (Å²) < 4.78 is 68.8. The molecule has 1 rings (SSSR count). The first-order valence-corrected chi connectivity index (χ1v) is 5.88. The summed E-state index contributed by atoms with van der Waals surface area (Å²) in [6.45, 7) is 1.02. The molecule has 112 valence electrons. The topological polar surface area (TPSA) is 46.5 Å². The number of hydrogen-bond acceptors (Lipinski definition) is 3. The maximum absolute atomic E-state index is 13.7. The van der Waals surface area contributed by atoms with E-state index >= 15 is 0 Å². The largest absolute Gasteiger partial charge is 0.461 e. The average molecular weight is 290 g/mol. The fourth-order valence-corrected chi connectivity index (χ4v) is 2.15. The Kier molecular flexibility index (Phi) is 4.44. The van der Waals surface area contributed by atoms with Gasteiger partial charge < -0.3 is 9.84 Å². The lowest BCUT2D eigenvalue weighted by Gasteiger charge is -2.40. The van der Waals surface area contributed by atoms with E-state index in [0.29, 0.717) is 0 Å². The van der Waals surface area contributed by atoms with Crippen LogP contribution in [0.3, 0.4) is 0 Å². The van der Waals surface area contributed by atoms with E-state index in [2.05, 4.69) is 4.74 Å². The summed E-state index contributed by atoms with van der Waals surface area (Å²) in [5.74, 6) is -7.81. The van der Waals surface area contributed by atoms with Crippen molar-refractivity contribution in [3.05, 3.63) is 0 Å². The highest BCUT2D eigenvalue weighted by molar-refractivity contribution is 5.79. The third-order valence-electron chi connectivity index (χ3n) is 3.39. The van der Waals surface area contributed by atoms with Gasteiger partial charge in [-0.15, -0.1) is 0 Å². The molecule has 0 aliphatic heterocycles. The van der Waals surface area contributed by atoms with Crippen LogP contribution in [-0.2, 0) is 9.53 Å². The molecule has 0 aromatic heterocycles. The minimum Gasteiger partial charge on any atom is -0.461 e. The number of alkyl halides is 5. The van der Waals surface area contributed by atoms with E-state index in [1.807, 2.05) is 0 Å². The molecule has 0 saturated heterocycles. The standard InChI is InChI=1S/C11H15F5O3/c1-2-19-8(17)10(12,13)9(18)5-3-7(4-6-9)11(14,15)16/h7,18H,2-6H2,1H3. The molecular formula is C11H15F5O3. The Labute approximate surface area is 106 Å². The van der Waals surface area contributed by atoms with Crippen molar-refractivity contribution >= 4 is 5.97 Å². The summed E-state index contributed by atoms with van der Waals surface area (Å²) in [7, 11) is 0. The fraction of sp³-hybridized carbons (Fsp3) is 0.909. The second-order valence-electron chi connectivity index (χ2n) is 4.64. The van der Waals surface area contributed by atoms with E-state index < -0.39 is 55.3 Å². The maximum atomic E-state index is 13.7. The molecule has 1 N–H and O–H groups in total. The predicted octanol–water partition coefficient (Wildman–Crippen LogP) is 2.67. The van der Waals surface area contributed by atoms with Gasteiger partial charge in [-0.05, 0) is 32.6 Å². The number of esters is 1. The normalized spacial score (nSPS) is 29.1. The molecule has 0 radical (unpaired) electrons. The number of aliphatic hydroxyl groups is 1. The predicted molar refractivity (Wildman–Crippen MR) is 54.5 cm³/mol. The van der Waals surface area contributed by atoms with Crippen LogP contribution in [0.1, 0.15) is 32.6 Å². The summed E-state index contributed by atoms with van der Waals surface area (Å²) in [5.41, 5.74) is -2.76. The molecule has 19 heavy (non-hydrogen) atoms. The summed E-state index contributed by atoms with van der Waals surface area (Å²) in [4.78, 5) is 11.1. The number of carbonyl (C=O) groups is 1. The molecule has 0 heterocycles. The van der Waals surface area contributed by atoms with E-state index in [4.69, 9.17) is 0 Å². The molecule has 0 amide bonds. The van der Waals surface area contributed by atoms with Gasteiger partial charge in [0.25, 0.3) is 0 Å². The second kappa shape index (κ2) is 5.22. The molecule has 1 saturated carbocycles. The van der Waals surface area contributed by atoms with Gasteiger partial charge in [0.05, 0.1) is 12.5 Å². The molecule has 0 bridgehead atoms. The molecule has 0 atom stereocenters. The molecule has 0 unspecified atom stereocenters. The number of hydrogen-bond donors (Lipinski definition) is 1. The van der Waals surface area contributed by atoms with Crippen LogP contribution < -0.4 is 0 Å². The van der Waals surface area contributed by atoms with E-state index in [0.717, 1.165) is 0 Å². The Bertz CT molecular complexity index is 332. The minimum atomic E-state index is -4.47. The van der Waals surface area contributed by atoms with Crippen LogP contribution in [0, 0.1) is 5.92 Å². The van der Waals surface area contributed by atoms with Crippen molar-refractivity contribution in [1.29, 1.82) is 0 Å². The lowest BCUT2D eigenvalue weighted by Crippen LogP contribution is -2.56. The molecule has 8 heteroatoms. The highest BCUT2D eigenvalue weighted by Crippen LogP contribution is 2.47. The third-order valence-corrected chi connectivity index (χ3v) is 3.39. The SMILES string of the molecule is CCOC(=O)C(F)(F)C1(O)CCC(C(F)(F)F)CC1. The smallest absolute Gasteiger partial charge is 0.391 e. The highest BCUT2D eigenvalue weighted by atomic mass is 19.4. The lowest BCUT2D eigenvalue weighted by molar-refractivity contribution is -0.237. The average Bonchev–Trinajstić information content (AvgIpc) is 2.28. The third kappa shape index (κ3) is 3.16. The molecular weight excluding hydrogens is 275 g/mol. The van der Waals surface area contributed by atoms with Crippen molar-refractivity contribution in [3.63, 3.8) is 0 Å². The zero-order chi connectivity index (χ0) is 14.9. The Morgan fingerprint density at radius 2 is 1.74 bits per heavy atom. The number of rotatable bonds is 3. The van der Waals surface area contributed by atoms with Crippen LogP contribution in [-0.4, -0.2) is 35.4 Å². The zero-order valence-corrected chi connectivity index (χ0v) is 10.3. The van der Waals surface area contributed by atoms with Crippen molar-refractivity contribution in [2.75, 3.05) is 6.61 Å². The molecule has 1 aliphatic rings. The van der Waals surface area contributed by atoms with Gasteiger partial charge in [-0.1, -0.05) is 0 Å². The maximum Gasteiger partial charge on any atom is 0.391 e. The van der Waals surface area contributed by atoms with Gasteiger partial charge in [0.1, 0.15) is 5.60 Å². The van der Waals surface area contributed by atoms with E-state index in [-0.39, 0.29) is 6.61 Å². The van der Waals surface area contributed by atoms with Crippen LogP contribution in [0.4, 0.5) is 22.0 Å². The van der Waals surface area contributed by atoms with E-state index in [1.54, 1.807) is 0 Å². The molecule has 1 aliphatic carbocycles. The quantitative estimate of drug-likeness (QED) is 0.642. The van der Waals surface area contributed by atoms with Crippen molar-refractivity contribution < 1.29 is 36.6 Å².